The maximum absolute atomic E-state index is 10.8. The first-order valence-corrected chi connectivity index (χ1v) is 3.96. The molecule has 1 unspecified atom stereocenters. The lowest BCUT2D eigenvalue weighted by Gasteiger charge is -2.08. The summed E-state index contributed by atoms with van der Waals surface area (Å²) in [6.45, 7) is 5.12. The number of methoxy groups -OCH3 is 1. The van der Waals surface area contributed by atoms with E-state index in [-0.39, 0.29) is 12.5 Å². The second-order valence-electron chi connectivity index (χ2n) is 2.75. The molecule has 0 radical (unpaired) electrons. The van der Waals surface area contributed by atoms with E-state index in [4.69, 9.17) is 0 Å². The molecule has 0 rings (SSSR count). The Morgan fingerprint density at radius 1 is 1.64 bits per heavy atom. The zero-order chi connectivity index (χ0) is 8.69. The van der Waals surface area contributed by atoms with Crippen LogP contribution in [0.25, 0.3) is 0 Å². The highest BCUT2D eigenvalue weighted by Gasteiger charge is 2.01. The van der Waals surface area contributed by atoms with Crippen molar-refractivity contribution < 1.29 is 9.53 Å². The Kier molecular flexibility index (Phi) is 5.84. The van der Waals surface area contributed by atoms with Gasteiger partial charge in [-0.15, -0.1) is 0 Å². The molecule has 3 heteroatoms. The van der Waals surface area contributed by atoms with Crippen LogP contribution in [0.15, 0.2) is 0 Å². The van der Waals surface area contributed by atoms with Crippen LogP contribution in [-0.4, -0.2) is 26.2 Å². The van der Waals surface area contributed by atoms with Gasteiger partial charge in [-0.25, -0.2) is 0 Å². The maximum Gasteiger partial charge on any atom is 0.245 e. The number of carbonyl (C=O) groups excluding carboxylic acids is 1. The first-order valence-electron chi connectivity index (χ1n) is 3.96. The van der Waals surface area contributed by atoms with Crippen LogP contribution >= 0.6 is 0 Å². The van der Waals surface area contributed by atoms with E-state index in [9.17, 15) is 4.79 Å². The van der Waals surface area contributed by atoms with Gasteiger partial charge in [0, 0.05) is 13.7 Å². The summed E-state index contributed by atoms with van der Waals surface area (Å²) >= 11 is 0. The number of ether oxygens (including phenoxy) is 1. The first kappa shape index (κ1) is 10.4. The molecule has 0 bridgehead atoms. The molecule has 0 aliphatic carbocycles. The smallest absolute Gasteiger partial charge is 0.245 e. The van der Waals surface area contributed by atoms with Gasteiger partial charge in [0.2, 0.25) is 5.91 Å². The largest absolute Gasteiger partial charge is 0.375 e. The molecule has 0 heterocycles. The van der Waals surface area contributed by atoms with Gasteiger partial charge in [0.1, 0.15) is 6.61 Å². The standard InChI is InChI=1S/C8H17NO2/c1-4-7(2)5-9-8(10)6-11-3/h7H,4-6H2,1-3H3,(H,9,10). The van der Waals surface area contributed by atoms with E-state index < -0.39 is 0 Å². The maximum atomic E-state index is 10.8. The molecule has 0 aromatic heterocycles. The third-order valence-electron chi connectivity index (χ3n) is 1.62. The zero-order valence-electron chi connectivity index (χ0n) is 7.52. The Hall–Kier alpha value is -0.570. The minimum absolute atomic E-state index is 0.0344. The van der Waals surface area contributed by atoms with E-state index in [0.717, 1.165) is 13.0 Å². The molecular formula is C8H17NO2. The molecule has 1 atom stereocenters. The molecule has 0 aliphatic rings. The second-order valence-corrected chi connectivity index (χ2v) is 2.75. The SMILES string of the molecule is CCC(C)CNC(=O)COC. The summed E-state index contributed by atoms with van der Waals surface area (Å²) in [6, 6.07) is 0. The summed E-state index contributed by atoms with van der Waals surface area (Å²) in [6.07, 6.45) is 1.09. The van der Waals surface area contributed by atoms with Gasteiger partial charge in [0.05, 0.1) is 0 Å². The van der Waals surface area contributed by atoms with E-state index >= 15 is 0 Å². The summed E-state index contributed by atoms with van der Waals surface area (Å²) < 4.78 is 4.66. The number of nitrogens with one attached hydrogen (secondary N) is 1. The van der Waals surface area contributed by atoms with Crippen molar-refractivity contribution in [1.29, 1.82) is 0 Å². The van der Waals surface area contributed by atoms with Crippen molar-refractivity contribution in [3.05, 3.63) is 0 Å². The number of hydrogen-bond acceptors (Lipinski definition) is 2. The van der Waals surface area contributed by atoms with Crippen LogP contribution in [0.2, 0.25) is 0 Å². The third kappa shape index (κ3) is 5.85. The van der Waals surface area contributed by atoms with Crippen LogP contribution in [0.3, 0.4) is 0 Å². The molecule has 0 aromatic rings. The van der Waals surface area contributed by atoms with Crippen LogP contribution in [0.1, 0.15) is 20.3 Å². The van der Waals surface area contributed by atoms with Gasteiger partial charge in [-0.3, -0.25) is 4.79 Å². The van der Waals surface area contributed by atoms with Crippen molar-refractivity contribution in [2.45, 2.75) is 20.3 Å². The summed E-state index contributed by atoms with van der Waals surface area (Å²) in [5.41, 5.74) is 0. The van der Waals surface area contributed by atoms with Crippen molar-refractivity contribution in [1.82, 2.24) is 5.32 Å². The fourth-order valence-corrected chi connectivity index (χ4v) is 0.615. The number of rotatable bonds is 5. The molecular weight excluding hydrogens is 142 g/mol. The number of amides is 1. The van der Waals surface area contributed by atoms with Crippen LogP contribution in [0, 0.1) is 5.92 Å². The van der Waals surface area contributed by atoms with Gasteiger partial charge in [-0.1, -0.05) is 20.3 Å². The normalized spacial score (nSPS) is 12.6. The molecule has 0 fully saturated rings. The van der Waals surface area contributed by atoms with E-state index in [1.165, 1.54) is 7.11 Å². The van der Waals surface area contributed by atoms with Crippen LogP contribution in [0.5, 0.6) is 0 Å². The summed E-state index contributed by atoms with van der Waals surface area (Å²) in [7, 11) is 1.52. The van der Waals surface area contributed by atoms with Gasteiger partial charge in [0.15, 0.2) is 0 Å². The van der Waals surface area contributed by atoms with Crippen LogP contribution in [-0.2, 0) is 9.53 Å². The third-order valence-corrected chi connectivity index (χ3v) is 1.62. The average Bonchev–Trinajstić information content (AvgIpc) is 2.01. The van der Waals surface area contributed by atoms with E-state index in [1.807, 2.05) is 0 Å². The van der Waals surface area contributed by atoms with E-state index in [1.54, 1.807) is 0 Å². The molecule has 66 valence electrons. The zero-order valence-corrected chi connectivity index (χ0v) is 7.52. The Morgan fingerprint density at radius 3 is 2.73 bits per heavy atom. The molecule has 3 nitrogen and oxygen atoms in total. The monoisotopic (exact) mass is 159 g/mol. The average molecular weight is 159 g/mol. The van der Waals surface area contributed by atoms with Gasteiger partial charge >= 0.3 is 0 Å². The van der Waals surface area contributed by atoms with Crippen molar-refractivity contribution in [2.24, 2.45) is 5.92 Å². The highest BCUT2D eigenvalue weighted by atomic mass is 16.5. The highest BCUT2D eigenvalue weighted by molar-refractivity contribution is 5.77. The molecule has 0 aliphatic heterocycles. The molecule has 0 spiro atoms. The number of hydrogen-bond donors (Lipinski definition) is 1. The fourth-order valence-electron chi connectivity index (χ4n) is 0.615. The Morgan fingerprint density at radius 2 is 2.27 bits per heavy atom. The van der Waals surface area contributed by atoms with Gasteiger partial charge < -0.3 is 10.1 Å². The topological polar surface area (TPSA) is 38.3 Å². The van der Waals surface area contributed by atoms with Crippen molar-refractivity contribution in [3.8, 4) is 0 Å². The Bertz CT molecular complexity index is 115. The molecule has 0 saturated carbocycles. The Balaban J connectivity index is 3.30. The lowest BCUT2D eigenvalue weighted by atomic mass is 10.1. The summed E-state index contributed by atoms with van der Waals surface area (Å²) in [5, 5.41) is 2.77. The van der Waals surface area contributed by atoms with Crippen LogP contribution < -0.4 is 5.32 Å². The lowest BCUT2D eigenvalue weighted by Crippen LogP contribution is -2.30. The summed E-state index contributed by atoms with van der Waals surface area (Å²) in [5.74, 6) is 0.517. The van der Waals surface area contributed by atoms with Gasteiger partial charge in [-0.2, -0.15) is 0 Å². The lowest BCUT2D eigenvalue weighted by molar-refractivity contribution is -0.124. The number of carbonyl (C=O) groups is 1. The minimum atomic E-state index is -0.0344. The van der Waals surface area contributed by atoms with Crippen molar-refractivity contribution in [3.63, 3.8) is 0 Å². The van der Waals surface area contributed by atoms with Crippen LogP contribution in [0.4, 0.5) is 0 Å². The van der Waals surface area contributed by atoms with Crippen molar-refractivity contribution >= 4 is 5.91 Å². The molecule has 11 heavy (non-hydrogen) atoms. The van der Waals surface area contributed by atoms with Gasteiger partial charge in [0.25, 0.3) is 0 Å². The van der Waals surface area contributed by atoms with Crippen molar-refractivity contribution in [2.75, 3.05) is 20.3 Å². The molecule has 1 amide bonds. The minimum Gasteiger partial charge on any atom is -0.375 e. The van der Waals surface area contributed by atoms with E-state index in [0.29, 0.717) is 5.92 Å². The predicted octanol–water partition coefficient (Wildman–Crippen LogP) is 0.795. The highest BCUT2D eigenvalue weighted by Crippen LogP contribution is 1.96. The molecule has 1 N–H and O–H groups in total. The predicted molar refractivity (Wildman–Crippen MR) is 44.3 cm³/mol. The van der Waals surface area contributed by atoms with E-state index in [2.05, 4.69) is 23.9 Å². The van der Waals surface area contributed by atoms with Gasteiger partial charge in [-0.05, 0) is 5.92 Å². The molecule has 0 saturated heterocycles. The summed E-state index contributed by atoms with van der Waals surface area (Å²) in [4.78, 5) is 10.8. The fraction of sp³-hybridized carbons (Fsp3) is 0.875. The second kappa shape index (κ2) is 6.16. The Labute approximate surface area is 68.1 Å². The first-order chi connectivity index (χ1) is 5.20. The molecule has 0 aromatic carbocycles. The quantitative estimate of drug-likeness (QED) is 0.644.